The van der Waals surface area contributed by atoms with Crippen LogP contribution in [0.1, 0.15) is 40.0 Å². The van der Waals surface area contributed by atoms with E-state index in [1.807, 2.05) is 27.8 Å². The third kappa shape index (κ3) is 4.02. The maximum absolute atomic E-state index is 12.5. The van der Waals surface area contributed by atoms with E-state index in [9.17, 15) is 14.4 Å². The molecule has 0 unspecified atom stereocenters. The first-order chi connectivity index (χ1) is 10.6. The van der Waals surface area contributed by atoms with Crippen LogP contribution in [0.3, 0.4) is 0 Å². The molecule has 1 spiro atoms. The molecule has 2 aliphatic rings. The van der Waals surface area contributed by atoms with Gasteiger partial charge in [-0.3, -0.25) is 14.4 Å². The van der Waals surface area contributed by atoms with Crippen LogP contribution >= 0.6 is 0 Å². The molecule has 1 N–H and O–H groups in total. The number of piperazine rings is 1. The Morgan fingerprint density at radius 3 is 2.43 bits per heavy atom. The second-order valence-corrected chi connectivity index (χ2v) is 7.40. The Kier molecular flexibility index (Phi) is 4.98. The fourth-order valence-electron chi connectivity index (χ4n) is 3.20. The summed E-state index contributed by atoms with van der Waals surface area (Å²) in [6.07, 6.45) is 1.29. The van der Waals surface area contributed by atoms with E-state index < -0.39 is 11.1 Å². The second-order valence-electron chi connectivity index (χ2n) is 7.40. The van der Waals surface area contributed by atoms with E-state index in [0.29, 0.717) is 12.8 Å². The number of piperidine rings is 1. The molecule has 0 aromatic heterocycles. The van der Waals surface area contributed by atoms with Gasteiger partial charge in [-0.05, 0) is 40.7 Å². The van der Waals surface area contributed by atoms with Crippen molar-refractivity contribution >= 4 is 17.8 Å². The molecule has 2 heterocycles. The molecule has 130 valence electrons. The van der Waals surface area contributed by atoms with Crippen LogP contribution in [0.15, 0.2) is 0 Å². The normalized spacial score (nSPS) is 22.2. The zero-order valence-electron chi connectivity index (χ0n) is 14.5. The van der Waals surface area contributed by atoms with Gasteiger partial charge in [-0.25, -0.2) is 0 Å². The minimum Gasteiger partial charge on any atom is -0.460 e. The Labute approximate surface area is 137 Å². The molecule has 0 radical (unpaired) electrons. The lowest BCUT2D eigenvalue weighted by Gasteiger charge is -2.49. The van der Waals surface area contributed by atoms with Crippen molar-refractivity contribution in [3.63, 3.8) is 0 Å². The van der Waals surface area contributed by atoms with Crippen molar-refractivity contribution in [3.05, 3.63) is 0 Å². The fourth-order valence-corrected chi connectivity index (χ4v) is 3.20. The van der Waals surface area contributed by atoms with E-state index in [1.165, 1.54) is 0 Å². The monoisotopic (exact) mass is 325 g/mol. The van der Waals surface area contributed by atoms with Gasteiger partial charge in [0.05, 0.1) is 13.0 Å². The Morgan fingerprint density at radius 1 is 1.26 bits per heavy atom. The SMILES string of the molecule is CN1CCC2(CC1)C(=O)NCC(=O)N2CCC(=O)OC(C)(C)C. The summed E-state index contributed by atoms with van der Waals surface area (Å²) in [6.45, 7) is 7.16. The number of hydrogen-bond acceptors (Lipinski definition) is 5. The number of nitrogens with zero attached hydrogens (tertiary/aromatic N) is 2. The highest BCUT2D eigenvalue weighted by atomic mass is 16.6. The Hall–Kier alpha value is -1.63. The highest BCUT2D eigenvalue weighted by Gasteiger charge is 2.50. The summed E-state index contributed by atoms with van der Waals surface area (Å²) in [5.41, 5.74) is -1.37. The number of esters is 1. The van der Waals surface area contributed by atoms with Gasteiger partial charge in [0.15, 0.2) is 0 Å². The lowest BCUT2D eigenvalue weighted by atomic mass is 9.83. The molecule has 23 heavy (non-hydrogen) atoms. The predicted molar refractivity (Wildman–Crippen MR) is 84.6 cm³/mol. The lowest BCUT2D eigenvalue weighted by molar-refractivity contribution is -0.161. The van der Waals surface area contributed by atoms with Crippen molar-refractivity contribution < 1.29 is 19.1 Å². The molecule has 2 saturated heterocycles. The molecular formula is C16H27N3O4. The van der Waals surface area contributed by atoms with Crippen LogP contribution in [-0.2, 0) is 19.1 Å². The summed E-state index contributed by atoms with van der Waals surface area (Å²) in [5.74, 6) is -0.577. The zero-order chi connectivity index (χ0) is 17.3. The highest BCUT2D eigenvalue weighted by Crippen LogP contribution is 2.31. The first kappa shape index (κ1) is 17.7. The number of carbonyl (C=O) groups excluding carboxylic acids is 3. The van der Waals surface area contributed by atoms with Crippen LogP contribution in [-0.4, -0.2) is 72.0 Å². The largest absolute Gasteiger partial charge is 0.460 e. The quantitative estimate of drug-likeness (QED) is 0.747. The molecule has 7 nitrogen and oxygen atoms in total. The van der Waals surface area contributed by atoms with Gasteiger partial charge in [0.2, 0.25) is 11.8 Å². The van der Waals surface area contributed by atoms with Gasteiger partial charge in [0, 0.05) is 19.6 Å². The van der Waals surface area contributed by atoms with Crippen molar-refractivity contribution in [1.29, 1.82) is 0 Å². The van der Waals surface area contributed by atoms with Gasteiger partial charge >= 0.3 is 5.97 Å². The van der Waals surface area contributed by atoms with E-state index in [-0.39, 0.29) is 37.3 Å². The van der Waals surface area contributed by atoms with E-state index in [0.717, 1.165) is 13.1 Å². The maximum Gasteiger partial charge on any atom is 0.308 e. The predicted octanol–water partition coefficient (Wildman–Crippen LogP) is 0.141. The standard InChI is InChI=1S/C16H27N3O4/c1-15(2,3)23-13(21)5-8-19-12(20)11-17-14(22)16(19)6-9-18(4)10-7-16/h5-11H2,1-4H3,(H,17,22). The molecule has 0 saturated carbocycles. The Balaban J connectivity index is 2.08. The first-order valence-corrected chi connectivity index (χ1v) is 8.13. The molecule has 7 heteroatoms. The molecule has 0 atom stereocenters. The minimum atomic E-state index is -0.816. The summed E-state index contributed by atoms with van der Waals surface area (Å²) in [6, 6.07) is 0. The van der Waals surface area contributed by atoms with Gasteiger partial charge < -0.3 is 19.9 Å². The third-order valence-electron chi connectivity index (χ3n) is 4.41. The zero-order valence-corrected chi connectivity index (χ0v) is 14.5. The van der Waals surface area contributed by atoms with Crippen molar-refractivity contribution in [3.8, 4) is 0 Å². The van der Waals surface area contributed by atoms with Crippen LogP contribution in [0.5, 0.6) is 0 Å². The van der Waals surface area contributed by atoms with E-state index in [1.54, 1.807) is 4.90 Å². The van der Waals surface area contributed by atoms with Crippen LogP contribution in [0.2, 0.25) is 0 Å². The molecule has 0 aromatic rings. The average Bonchev–Trinajstić information content (AvgIpc) is 2.44. The van der Waals surface area contributed by atoms with Crippen molar-refractivity contribution in [2.24, 2.45) is 0 Å². The van der Waals surface area contributed by atoms with Crippen molar-refractivity contribution in [1.82, 2.24) is 15.1 Å². The maximum atomic E-state index is 12.5. The molecule has 0 aromatic carbocycles. The molecule has 2 amide bonds. The third-order valence-corrected chi connectivity index (χ3v) is 4.41. The highest BCUT2D eigenvalue weighted by molar-refractivity contribution is 5.98. The molecule has 0 bridgehead atoms. The molecule has 0 aliphatic carbocycles. The summed E-state index contributed by atoms with van der Waals surface area (Å²) in [4.78, 5) is 40.5. The number of likely N-dealkylation sites (tertiary alicyclic amines) is 1. The smallest absolute Gasteiger partial charge is 0.308 e. The Bertz CT molecular complexity index is 490. The number of amides is 2. The average molecular weight is 325 g/mol. The van der Waals surface area contributed by atoms with Gasteiger partial charge in [-0.15, -0.1) is 0 Å². The summed E-state index contributed by atoms with van der Waals surface area (Å²) in [7, 11) is 2.00. The van der Waals surface area contributed by atoms with Gasteiger partial charge in [0.1, 0.15) is 11.1 Å². The van der Waals surface area contributed by atoms with E-state index in [2.05, 4.69) is 10.2 Å². The number of carbonyl (C=O) groups is 3. The molecule has 2 fully saturated rings. The Morgan fingerprint density at radius 2 is 1.87 bits per heavy atom. The van der Waals surface area contributed by atoms with Crippen LogP contribution in [0.4, 0.5) is 0 Å². The number of ether oxygens (including phenoxy) is 1. The lowest BCUT2D eigenvalue weighted by Crippen LogP contribution is -2.70. The van der Waals surface area contributed by atoms with E-state index in [4.69, 9.17) is 4.74 Å². The molecule has 2 aliphatic heterocycles. The topological polar surface area (TPSA) is 79.0 Å². The minimum absolute atomic E-state index is 0.00470. The van der Waals surface area contributed by atoms with Gasteiger partial charge in [-0.1, -0.05) is 0 Å². The summed E-state index contributed by atoms with van der Waals surface area (Å²) < 4.78 is 5.30. The second kappa shape index (κ2) is 6.47. The first-order valence-electron chi connectivity index (χ1n) is 8.13. The number of hydrogen-bond donors (Lipinski definition) is 1. The number of nitrogens with one attached hydrogen (secondary N) is 1. The molecular weight excluding hydrogens is 298 g/mol. The van der Waals surface area contributed by atoms with Gasteiger partial charge in [0.25, 0.3) is 0 Å². The van der Waals surface area contributed by atoms with E-state index >= 15 is 0 Å². The number of rotatable bonds is 3. The van der Waals surface area contributed by atoms with Gasteiger partial charge in [-0.2, -0.15) is 0 Å². The summed E-state index contributed by atoms with van der Waals surface area (Å²) in [5, 5.41) is 2.70. The van der Waals surface area contributed by atoms with Crippen molar-refractivity contribution in [2.45, 2.75) is 51.2 Å². The van der Waals surface area contributed by atoms with Crippen molar-refractivity contribution in [2.75, 3.05) is 33.2 Å². The van der Waals surface area contributed by atoms with Crippen LogP contribution < -0.4 is 5.32 Å². The summed E-state index contributed by atoms with van der Waals surface area (Å²) >= 11 is 0. The molecule has 2 rings (SSSR count). The van der Waals surface area contributed by atoms with Crippen LogP contribution in [0, 0.1) is 0 Å². The fraction of sp³-hybridized carbons (Fsp3) is 0.812. The van der Waals surface area contributed by atoms with Crippen LogP contribution in [0.25, 0.3) is 0 Å².